The number of carbonyl (C=O) groups is 1. The number of aryl methyl sites for hydroxylation is 1. The molecule has 1 atom stereocenters. The number of ether oxygens (including phenoxy) is 1. The Hall–Kier alpha value is -2.60. The van der Waals surface area contributed by atoms with Crippen molar-refractivity contribution in [2.75, 3.05) is 7.11 Å². The maximum absolute atomic E-state index is 12.5. The Morgan fingerprint density at radius 1 is 1.35 bits per heavy atom. The average molecular weight is 373 g/mol. The van der Waals surface area contributed by atoms with Gasteiger partial charge in [-0.25, -0.2) is 9.67 Å². The maximum atomic E-state index is 12.5. The molecule has 6 nitrogen and oxygen atoms in total. The van der Waals surface area contributed by atoms with Crippen molar-refractivity contribution in [1.29, 1.82) is 0 Å². The Labute approximate surface area is 157 Å². The highest BCUT2D eigenvalue weighted by molar-refractivity contribution is 6.38. The molecular weight excluding hydrogens is 352 g/mol. The molecule has 0 saturated carbocycles. The fourth-order valence-corrected chi connectivity index (χ4v) is 3.03. The van der Waals surface area contributed by atoms with Gasteiger partial charge in [0, 0.05) is 12.2 Å². The van der Waals surface area contributed by atoms with Gasteiger partial charge in [-0.3, -0.25) is 4.79 Å². The van der Waals surface area contributed by atoms with E-state index < -0.39 is 0 Å². The van der Waals surface area contributed by atoms with Crippen LogP contribution in [0, 0.1) is 6.92 Å². The van der Waals surface area contributed by atoms with Crippen LogP contribution in [0.2, 0.25) is 5.02 Å². The minimum absolute atomic E-state index is 0.0670. The van der Waals surface area contributed by atoms with Crippen LogP contribution in [0.3, 0.4) is 0 Å². The van der Waals surface area contributed by atoms with Crippen LogP contribution in [-0.4, -0.2) is 33.8 Å². The van der Waals surface area contributed by atoms with E-state index >= 15 is 0 Å². The average Bonchev–Trinajstić information content (AvgIpc) is 2.99. The molecule has 0 saturated heterocycles. The highest BCUT2D eigenvalue weighted by Crippen LogP contribution is 2.30. The van der Waals surface area contributed by atoms with E-state index in [0.29, 0.717) is 27.3 Å². The van der Waals surface area contributed by atoms with Crippen molar-refractivity contribution in [2.45, 2.75) is 33.2 Å². The summed E-state index contributed by atoms with van der Waals surface area (Å²) in [6.07, 6.45) is 2.34. The van der Waals surface area contributed by atoms with Gasteiger partial charge >= 0.3 is 0 Å². The molecule has 2 aromatic heterocycles. The lowest BCUT2D eigenvalue weighted by Crippen LogP contribution is -2.32. The second-order valence-corrected chi connectivity index (χ2v) is 6.54. The number of amides is 1. The number of pyridine rings is 1. The first kappa shape index (κ1) is 18.2. The van der Waals surface area contributed by atoms with Crippen molar-refractivity contribution in [3.05, 3.63) is 46.7 Å². The van der Waals surface area contributed by atoms with Gasteiger partial charge in [-0.1, -0.05) is 18.5 Å². The fourth-order valence-electron chi connectivity index (χ4n) is 2.67. The lowest BCUT2D eigenvalue weighted by molar-refractivity contribution is 0.0939. The molecule has 136 valence electrons. The van der Waals surface area contributed by atoms with Crippen molar-refractivity contribution >= 4 is 28.5 Å². The molecule has 3 aromatic rings. The van der Waals surface area contributed by atoms with E-state index in [1.807, 2.05) is 45.0 Å². The monoisotopic (exact) mass is 372 g/mol. The number of methoxy groups -OCH3 is 1. The lowest BCUT2D eigenvalue weighted by atomic mass is 10.1. The maximum Gasteiger partial charge on any atom is 0.254 e. The molecule has 1 aromatic carbocycles. The van der Waals surface area contributed by atoms with Gasteiger partial charge in [-0.2, -0.15) is 5.10 Å². The Balaban J connectivity index is 2.07. The lowest BCUT2D eigenvalue weighted by Gasteiger charge is -2.12. The van der Waals surface area contributed by atoms with E-state index in [1.54, 1.807) is 11.8 Å². The van der Waals surface area contributed by atoms with Gasteiger partial charge in [0.1, 0.15) is 5.75 Å². The number of halogens is 1. The zero-order valence-corrected chi connectivity index (χ0v) is 16.0. The summed E-state index contributed by atoms with van der Waals surface area (Å²) in [4.78, 5) is 16.9. The molecule has 0 spiro atoms. The molecule has 0 aliphatic carbocycles. The number of aromatic nitrogens is 3. The largest absolute Gasteiger partial charge is 0.497 e. The van der Waals surface area contributed by atoms with Crippen molar-refractivity contribution in [2.24, 2.45) is 0 Å². The van der Waals surface area contributed by atoms with Crippen LogP contribution in [0.15, 0.2) is 30.5 Å². The molecule has 3 rings (SSSR count). The summed E-state index contributed by atoms with van der Waals surface area (Å²) in [5.41, 5.74) is 2.52. The molecule has 2 heterocycles. The third-order valence-corrected chi connectivity index (χ3v) is 4.75. The van der Waals surface area contributed by atoms with Gasteiger partial charge in [0.05, 0.1) is 34.5 Å². The van der Waals surface area contributed by atoms with Gasteiger partial charge in [0.25, 0.3) is 5.91 Å². The van der Waals surface area contributed by atoms with Crippen LogP contribution in [0.25, 0.3) is 16.7 Å². The van der Waals surface area contributed by atoms with Crippen molar-refractivity contribution in [3.8, 4) is 11.4 Å². The number of hydrogen-bond donors (Lipinski definition) is 1. The van der Waals surface area contributed by atoms with E-state index in [2.05, 4.69) is 15.4 Å². The molecular formula is C19H21ClN4O2. The molecule has 0 aliphatic rings. The first-order valence-corrected chi connectivity index (χ1v) is 8.83. The van der Waals surface area contributed by atoms with Gasteiger partial charge in [-0.15, -0.1) is 0 Å². The molecule has 0 fully saturated rings. The number of carbonyl (C=O) groups excluding carboxylic acids is 1. The first-order chi connectivity index (χ1) is 12.5. The van der Waals surface area contributed by atoms with Crippen LogP contribution in [-0.2, 0) is 0 Å². The number of nitrogens with zero attached hydrogens (tertiary/aromatic N) is 3. The second-order valence-electron chi connectivity index (χ2n) is 6.16. The van der Waals surface area contributed by atoms with E-state index in [1.165, 1.54) is 6.20 Å². The van der Waals surface area contributed by atoms with Crippen LogP contribution >= 0.6 is 11.6 Å². The predicted octanol–water partition coefficient (Wildman–Crippen LogP) is 3.92. The topological polar surface area (TPSA) is 69.0 Å². The zero-order chi connectivity index (χ0) is 18.8. The number of benzene rings is 1. The van der Waals surface area contributed by atoms with Gasteiger partial charge < -0.3 is 10.1 Å². The molecule has 7 heteroatoms. The van der Waals surface area contributed by atoms with E-state index in [9.17, 15) is 4.79 Å². The highest BCUT2D eigenvalue weighted by Gasteiger charge is 2.20. The van der Waals surface area contributed by atoms with Crippen LogP contribution < -0.4 is 10.1 Å². The molecule has 0 unspecified atom stereocenters. The first-order valence-electron chi connectivity index (χ1n) is 8.45. The van der Waals surface area contributed by atoms with E-state index in [-0.39, 0.29) is 11.9 Å². The number of rotatable bonds is 5. The summed E-state index contributed by atoms with van der Waals surface area (Å²) in [5, 5.41) is 8.52. The summed E-state index contributed by atoms with van der Waals surface area (Å²) in [6.45, 7) is 5.81. The van der Waals surface area contributed by atoms with Crippen LogP contribution in [0.1, 0.15) is 36.3 Å². The molecule has 1 N–H and O–H groups in total. The van der Waals surface area contributed by atoms with Crippen LogP contribution in [0.4, 0.5) is 0 Å². The Bertz CT molecular complexity index is 950. The summed E-state index contributed by atoms with van der Waals surface area (Å²) in [5.74, 6) is 0.535. The highest BCUT2D eigenvalue weighted by atomic mass is 35.5. The molecule has 0 radical (unpaired) electrons. The summed E-state index contributed by atoms with van der Waals surface area (Å²) >= 11 is 6.54. The summed E-state index contributed by atoms with van der Waals surface area (Å²) < 4.78 is 6.90. The number of fused-ring (bicyclic) bond motifs is 1. The van der Waals surface area contributed by atoms with Gasteiger partial charge in [-0.05, 0) is 44.5 Å². The van der Waals surface area contributed by atoms with E-state index in [4.69, 9.17) is 16.3 Å². The molecule has 1 amide bonds. The van der Waals surface area contributed by atoms with Gasteiger partial charge in [0.2, 0.25) is 0 Å². The Morgan fingerprint density at radius 2 is 2.04 bits per heavy atom. The number of nitrogens with one attached hydrogen (secondary N) is 1. The molecule has 26 heavy (non-hydrogen) atoms. The van der Waals surface area contributed by atoms with Crippen molar-refractivity contribution < 1.29 is 9.53 Å². The molecule has 0 bridgehead atoms. The minimum Gasteiger partial charge on any atom is -0.497 e. The third kappa shape index (κ3) is 3.24. The Kier molecular flexibility index (Phi) is 5.13. The Morgan fingerprint density at radius 3 is 2.65 bits per heavy atom. The van der Waals surface area contributed by atoms with Crippen molar-refractivity contribution in [1.82, 2.24) is 20.1 Å². The zero-order valence-electron chi connectivity index (χ0n) is 15.2. The summed E-state index contributed by atoms with van der Waals surface area (Å²) in [7, 11) is 1.62. The van der Waals surface area contributed by atoms with Crippen molar-refractivity contribution in [3.63, 3.8) is 0 Å². The summed E-state index contributed by atoms with van der Waals surface area (Å²) in [6, 6.07) is 7.56. The van der Waals surface area contributed by atoms with E-state index in [0.717, 1.165) is 17.9 Å². The predicted molar refractivity (Wildman–Crippen MR) is 102 cm³/mol. The standard InChI is InChI=1S/C19H21ClN4O2/c1-5-11(2)22-19(25)15-10-21-18-16(17(15)20)12(3)23-24(18)13-6-8-14(26-4)9-7-13/h6-11H,5H2,1-4H3,(H,22,25)/t11-/m1/s1. The smallest absolute Gasteiger partial charge is 0.254 e. The normalized spacial score (nSPS) is 12.2. The SMILES string of the molecule is CC[C@@H](C)NC(=O)c1cnc2c(c(C)nn2-c2ccc(OC)cc2)c1Cl. The van der Waals surface area contributed by atoms with Gasteiger partial charge in [0.15, 0.2) is 5.65 Å². The van der Waals surface area contributed by atoms with Crippen LogP contribution in [0.5, 0.6) is 5.75 Å². The quantitative estimate of drug-likeness (QED) is 0.737. The minimum atomic E-state index is -0.227. The fraction of sp³-hybridized carbons (Fsp3) is 0.316. The third-order valence-electron chi connectivity index (χ3n) is 4.36. The second kappa shape index (κ2) is 7.33. The number of hydrogen-bond acceptors (Lipinski definition) is 4. The molecule has 0 aliphatic heterocycles.